The number of hydrogen-bond donors (Lipinski definition) is 1. The van der Waals surface area contributed by atoms with Crippen LogP contribution in [0.15, 0.2) is 35.7 Å². The Bertz CT molecular complexity index is 703. The summed E-state index contributed by atoms with van der Waals surface area (Å²) >= 11 is 1.42. The second-order valence-electron chi connectivity index (χ2n) is 6.95. The lowest BCUT2D eigenvalue weighted by molar-refractivity contribution is 0.0636. The summed E-state index contributed by atoms with van der Waals surface area (Å²) in [5.74, 6) is 0.906. The molecule has 7 heteroatoms. The van der Waals surface area contributed by atoms with Crippen molar-refractivity contribution >= 4 is 34.1 Å². The van der Waals surface area contributed by atoms with Crippen molar-refractivity contribution in [2.45, 2.75) is 26.4 Å². The molecule has 0 radical (unpaired) electrons. The Kier molecular flexibility index (Phi) is 5.13. The Morgan fingerprint density at radius 2 is 1.76 bits per heavy atom. The normalized spacial score (nSPS) is 15.2. The van der Waals surface area contributed by atoms with E-state index in [1.54, 1.807) is 0 Å². The molecule has 1 aromatic carbocycles. The van der Waals surface area contributed by atoms with Gasteiger partial charge in [-0.3, -0.25) is 5.32 Å². The highest BCUT2D eigenvalue weighted by molar-refractivity contribution is 7.14. The monoisotopic (exact) mass is 360 g/mol. The van der Waals surface area contributed by atoms with Crippen molar-refractivity contribution in [1.82, 2.24) is 4.98 Å². The highest BCUT2D eigenvalue weighted by atomic mass is 32.1. The Labute approximate surface area is 152 Å². The van der Waals surface area contributed by atoms with Gasteiger partial charge in [0.25, 0.3) is 0 Å². The Morgan fingerprint density at radius 1 is 1.12 bits per heavy atom. The van der Waals surface area contributed by atoms with E-state index >= 15 is 0 Å². The molecule has 1 saturated heterocycles. The molecule has 1 aliphatic heterocycles. The van der Waals surface area contributed by atoms with E-state index in [-0.39, 0.29) is 0 Å². The number of anilines is 3. The Morgan fingerprint density at radius 3 is 2.40 bits per heavy atom. The molecule has 25 heavy (non-hydrogen) atoms. The lowest BCUT2D eigenvalue weighted by atomic mass is 10.2. The number of ether oxygens (including phenoxy) is 1. The average molecular weight is 360 g/mol. The van der Waals surface area contributed by atoms with Crippen molar-refractivity contribution in [3.63, 3.8) is 0 Å². The van der Waals surface area contributed by atoms with E-state index in [0.717, 1.165) is 32.0 Å². The van der Waals surface area contributed by atoms with Gasteiger partial charge in [-0.2, -0.15) is 0 Å². The number of nitrogens with zero attached hydrogens (tertiary/aromatic N) is 3. The molecule has 3 rings (SSSR count). The van der Waals surface area contributed by atoms with Crippen LogP contribution in [0.25, 0.3) is 0 Å². The molecule has 2 heterocycles. The van der Waals surface area contributed by atoms with E-state index in [1.165, 1.54) is 17.0 Å². The largest absolute Gasteiger partial charge is 0.444 e. The standard InChI is InChI=1S/C18H24N4O2S/c1-18(2,3)24-17(23)20-16-19-15(13-25-16)22-11-9-21(10-12-22)14-7-5-4-6-8-14/h4-8,13H,9-12H2,1-3H3,(H,19,20,23). The zero-order valence-electron chi connectivity index (χ0n) is 14.9. The molecule has 1 aliphatic rings. The number of para-hydroxylation sites is 1. The number of nitrogens with one attached hydrogen (secondary N) is 1. The summed E-state index contributed by atoms with van der Waals surface area (Å²) in [7, 11) is 0. The molecule has 2 aromatic rings. The topological polar surface area (TPSA) is 57.7 Å². The number of benzene rings is 1. The summed E-state index contributed by atoms with van der Waals surface area (Å²) in [5.41, 5.74) is 0.741. The number of amides is 1. The van der Waals surface area contributed by atoms with Gasteiger partial charge in [-0.05, 0) is 32.9 Å². The third kappa shape index (κ3) is 4.85. The molecule has 1 fully saturated rings. The number of carbonyl (C=O) groups is 1. The minimum atomic E-state index is -0.516. The van der Waals surface area contributed by atoms with Gasteiger partial charge in [-0.15, -0.1) is 11.3 Å². The molecular weight excluding hydrogens is 336 g/mol. The molecular formula is C18H24N4O2S. The summed E-state index contributed by atoms with van der Waals surface area (Å²) in [6, 6.07) is 10.4. The van der Waals surface area contributed by atoms with Crippen LogP contribution in [0.5, 0.6) is 0 Å². The molecule has 0 atom stereocenters. The molecule has 1 aromatic heterocycles. The van der Waals surface area contributed by atoms with Gasteiger partial charge in [0.05, 0.1) is 0 Å². The van der Waals surface area contributed by atoms with Gasteiger partial charge in [-0.1, -0.05) is 18.2 Å². The highest BCUT2D eigenvalue weighted by Gasteiger charge is 2.21. The fourth-order valence-corrected chi connectivity index (χ4v) is 3.40. The number of carbonyl (C=O) groups excluding carboxylic acids is 1. The number of thiazole rings is 1. The minimum absolute atomic E-state index is 0.470. The smallest absolute Gasteiger partial charge is 0.413 e. The molecule has 0 aliphatic carbocycles. The van der Waals surface area contributed by atoms with Crippen molar-refractivity contribution in [3.05, 3.63) is 35.7 Å². The third-order valence-corrected chi connectivity index (χ3v) is 4.57. The lowest BCUT2D eigenvalue weighted by Gasteiger charge is -2.36. The van der Waals surface area contributed by atoms with Crippen LogP contribution in [-0.4, -0.2) is 42.9 Å². The predicted molar refractivity (Wildman–Crippen MR) is 103 cm³/mol. The first-order chi connectivity index (χ1) is 11.9. The zero-order valence-corrected chi connectivity index (χ0v) is 15.7. The first kappa shape index (κ1) is 17.5. The quantitative estimate of drug-likeness (QED) is 0.902. The van der Waals surface area contributed by atoms with E-state index < -0.39 is 11.7 Å². The van der Waals surface area contributed by atoms with Gasteiger partial charge >= 0.3 is 6.09 Å². The van der Waals surface area contributed by atoms with Crippen LogP contribution in [0.3, 0.4) is 0 Å². The summed E-state index contributed by atoms with van der Waals surface area (Å²) in [6.07, 6.45) is -0.470. The number of piperazine rings is 1. The van der Waals surface area contributed by atoms with Crippen molar-refractivity contribution in [3.8, 4) is 0 Å². The van der Waals surface area contributed by atoms with Crippen LogP contribution < -0.4 is 15.1 Å². The van der Waals surface area contributed by atoms with Gasteiger partial charge in [0, 0.05) is 37.2 Å². The maximum atomic E-state index is 11.8. The summed E-state index contributed by atoms with van der Waals surface area (Å²) in [5, 5.41) is 5.24. The Balaban J connectivity index is 1.54. The first-order valence-corrected chi connectivity index (χ1v) is 9.29. The molecule has 1 amide bonds. The van der Waals surface area contributed by atoms with Crippen LogP contribution in [-0.2, 0) is 4.74 Å². The van der Waals surface area contributed by atoms with E-state index in [2.05, 4.69) is 44.4 Å². The van der Waals surface area contributed by atoms with Crippen molar-refractivity contribution in [2.75, 3.05) is 41.3 Å². The summed E-state index contributed by atoms with van der Waals surface area (Å²) in [6.45, 7) is 9.24. The van der Waals surface area contributed by atoms with Crippen molar-refractivity contribution < 1.29 is 9.53 Å². The average Bonchev–Trinajstić information content (AvgIpc) is 3.02. The van der Waals surface area contributed by atoms with E-state index in [1.807, 2.05) is 32.2 Å². The van der Waals surface area contributed by atoms with Gasteiger partial charge in [0.2, 0.25) is 0 Å². The number of aromatic nitrogens is 1. The van der Waals surface area contributed by atoms with Crippen LogP contribution in [0.4, 0.5) is 21.4 Å². The van der Waals surface area contributed by atoms with E-state index in [0.29, 0.717) is 5.13 Å². The molecule has 0 unspecified atom stereocenters. The molecule has 134 valence electrons. The van der Waals surface area contributed by atoms with Gasteiger partial charge in [0.15, 0.2) is 5.13 Å². The van der Waals surface area contributed by atoms with E-state index in [4.69, 9.17) is 4.74 Å². The molecule has 1 N–H and O–H groups in total. The fraction of sp³-hybridized carbons (Fsp3) is 0.444. The fourth-order valence-electron chi connectivity index (χ4n) is 2.69. The van der Waals surface area contributed by atoms with Crippen LogP contribution >= 0.6 is 11.3 Å². The van der Waals surface area contributed by atoms with Crippen LogP contribution in [0.1, 0.15) is 20.8 Å². The van der Waals surface area contributed by atoms with Gasteiger partial charge in [-0.25, -0.2) is 9.78 Å². The highest BCUT2D eigenvalue weighted by Crippen LogP contribution is 2.25. The molecule has 0 spiro atoms. The SMILES string of the molecule is CC(C)(C)OC(=O)Nc1nc(N2CCN(c3ccccc3)CC2)cs1. The lowest BCUT2D eigenvalue weighted by Crippen LogP contribution is -2.46. The maximum Gasteiger partial charge on any atom is 0.413 e. The first-order valence-electron chi connectivity index (χ1n) is 8.41. The van der Waals surface area contributed by atoms with Crippen LogP contribution in [0, 0.1) is 0 Å². The van der Waals surface area contributed by atoms with Crippen molar-refractivity contribution in [1.29, 1.82) is 0 Å². The number of hydrogen-bond acceptors (Lipinski definition) is 6. The zero-order chi connectivity index (χ0) is 17.9. The third-order valence-electron chi connectivity index (χ3n) is 3.82. The second-order valence-corrected chi connectivity index (χ2v) is 7.81. The maximum absolute atomic E-state index is 11.8. The number of rotatable bonds is 3. The minimum Gasteiger partial charge on any atom is -0.444 e. The van der Waals surface area contributed by atoms with Crippen LogP contribution in [0.2, 0.25) is 0 Å². The second kappa shape index (κ2) is 7.31. The Hall–Kier alpha value is -2.28. The molecule has 0 bridgehead atoms. The predicted octanol–water partition coefficient (Wildman–Crippen LogP) is 3.82. The van der Waals surface area contributed by atoms with E-state index in [9.17, 15) is 4.79 Å². The van der Waals surface area contributed by atoms with Crippen molar-refractivity contribution in [2.24, 2.45) is 0 Å². The molecule has 0 saturated carbocycles. The van der Waals surface area contributed by atoms with Gasteiger partial charge < -0.3 is 14.5 Å². The van der Waals surface area contributed by atoms with Gasteiger partial charge in [0.1, 0.15) is 11.4 Å². The summed E-state index contributed by atoms with van der Waals surface area (Å²) < 4.78 is 5.26. The summed E-state index contributed by atoms with van der Waals surface area (Å²) in [4.78, 5) is 21.0. The molecule has 6 nitrogen and oxygen atoms in total.